The molecule has 3 aliphatic carbocycles. The fourth-order valence-electron chi connectivity index (χ4n) is 4.14. The summed E-state index contributed by atoms with van der Waals surface area (Å²) in [6.07, 6.45) is 9.92. The van der Waals surface area contributed by atoms with Crippen molar-refractivity contribution in [3.63, 3.8) is 0 Å². The van der Waals surface area contributed by atoms with Crippen molar-refractivity contribution in [2.45, 2.75) is 50.5 Å². The number of fused-ring (bicyclic) bond motifs is 2. The van der Waals surface area contributed by atoms with Crippen LogP contribution in [0.15, 0.2) is 0 Å². The third kappa shape index (κ3) is 1.91. The van der Waals surface area contributed by atoms with Crippen LogP contribution in [0.2, 0.25) is 0 Å². The number of methoxy groups -OCH3 is 1. The van der Waals surface area contributed by atoms with Crippen LogP contribution in [-0.2, 0) is 4.74 Å². The first-order chi connectivity index (χ1) is 7.81. The van der Waals surface area contributed by atoms with Crippen molar-refractivity contribution in [1.29, 1.82) is 0 Å². The zero-order valence-electron chi connectivity index (χ0n) is 10.5. The van der Waals surface area contributed by atoms with Crippen molar-refractivity contribution in [2.24, 2.45) is 17.8 Å². The summed E-state index contributed by atoms with van der Waals surface area (Å²) in [6, 6.07) is 0. The molecule has 3 saturated carbocycles. The third-order valence-corrected chi connectivity index (χ3v) is 5.44. The standard InChI is InChI=1S/C14H25NO/c1-16-14(5-2-6-14)10-15-9-13-8-11-3-4-12(13)7-11/h11-13,15H,2-10H2,1H3. The molecule has 0 aromatic rings. The van der Waals surface area contributed by atoms with Crippen LogP contribution < -0.4 is 5.32 Å². The van der Waals surface area contributed by atoms with E-state index in [0.717, 1.165) is 24.3 Å². The van der Waals surface area contributed by atoms with Gasteiger partial charge in [0.2, 0.25) is 0 Å². The van der Waals surface area contributed by atoms with Crippen LogP contribution >= 0.6 is 0 Å². The molecule has 2 bridgehead atoms. The lowest BCUT2D eigenvalue weighted by molar-refractivity contribution is -0.0698. The van der Waals surface area contributed by atoms with Gasteiger partial charge in [-0.25, -0.2) is 0 Å². The van der Waals surface area contributed by atoms with Gasteiger partial charge < -0.3 is 10.1 Å². The molecule has 0 radical (unpaired) electrons. The molecule has 0 aromatic heterocycles. The Morgan fingerprint density at radius 2 is 2.12 bits per heavy atom. The van der Waals surface area contributed by atoms with E-state index >= 15 is 0 Å². The molecule has 3 unspecified atom stereocenters. The predicted molar refractivity (Wildman–Crippen MR) is 65.4 cm³/mol. The van der Waals surface area contributed by atoms with E-state index in [1.165, 1.54) is 51.5 Å². The number of ether oxygens (including phenoxy) is 1. The van der Waals surface area contributed by atoms with Gasteiger partial charge >= 0.3 is 0 Å². The van der Waals surface area contributed by atoms with Gasteiger partial charge in [-0.05, 0) is 62.8 Å². The molecule has 3 aliphatic rings. The van der Waals surface area contributed by atoms with Gasteiger partial charge in [-0.15, -0.1) is 0 Å². The highest BCUT2D eigenvalue weighted by molar-refractivity contribution is 4.94. The molecular weight excluding hydrogens is 198 g/mol. The Kier molecular flexibility index (Phi) is 2.97. The molecule has 2 nitrogen and oxygen atoms in total. The second-order valence-electron chi connectivity index (χ2n) is 6.31. The SMILES string of the molecule is COC1(CNCC2CC3CCC2C3)CCC1. The second-order valence-corrected chi connectivity index (χ2v) is 6.31. The molecule has 3 rings (SSSR count). The molecule has 0 saturated heterocycles. The summed E-state index contributed by atoms with van der Waals surface area (Å²) < 4.78 is 5.64. The van der Waals surface area contributed by atoms with Gasteiger partial charge in [0.1, 0.15) is 0 Å². The molecule has 3 fully saturated rings. The summed E-state index contributed by atoms with van der Waals surface area (Å²) in [5, 5.41) is 3.68. The predicted octanol–water partition coefficient (Wildman–Crippen LogP) is 2.58. The highest BCUT2D eigenvalue weighted by atomic mass is 16.5. The number of nitrogens with one attached hydrogen (secondary N) is 1. The van der Waals surface area contributed by atoms with Gasteiger partial charge in [0, 0.05) is 13.7 Å². The lowest BCUT2D eigenvalue weighted by Gasteiger charge is -2.41. The Morgan fingerprint density at radius 1 is 1.25 bits per heavy atom. The minimum atomic E-state index is 0.206. The summed E-state index contributed by atoms with van der Waals surface area (Å²) in [4.78, 5) is 0. The first-order valence-electron chi connectivity index (χ1n) is 7.07. The van der Waals surface area contributed by atoms with Crippen molar-refractivity contribution in [1.82, 2.24) is 5.32 Å². The van der Waals surface area contributed by atoms with E-state index in [2.05, 4.69) is 5.32 Å². The summed E-state index contributed by atoms with van der Waals surface area (Å²) in [5.41, 5.74) is 0.206. The van der Waals surface area contributed by atoms with E-state index in [1.807, 2.05) is 7.11 Å². The smallest absolute Gasteiger partial charge is 0.0802 e. The molecule has 0 aromatic carbocycles. The molecule has 0 amide bonds. The number of hydrogen-bond donors (Lipinski definition) is 1. The van der Waals surface area contributed by atoms with Gasteiger partial charge in [0.05, 0.1) is 5.60 Å². The highest BCUT2D eigenvalue weighted by Crippen LogP contribution is 2.48. The molecule has 0 spiro atoms. The molecule has 16 heavy (non-hydrogen) atoms. The van der Waals surface area contributed by atoms with Crippen LogP contribution in [-0.4, -0.2) is 25.8 Å². The Morgan fingerprint density at radius 3 is 2.62 bits per heavy atom. The topological polar surface area (TPSA) is 21.3 Å². The van der Waals surface area contributed by atoms with Gasteiger partial charge in [-0.1, -0.05) is 6.42 Å². The van der Waals surface area contributed by atoms with Gasteiger partial charge in [-0.2, -0.15) is 0 Å². The number of hydrogen-bond acceptors (Lipinski definition) is 2. The molecule has 0 heterocycles. The van der Waals surface area contributed by atoms with Crippen molar-refractivity contribution in [2.75, 3.05) is 20.2 Å². The zero-order valence-corrected chi connectivity index (χ0v) is 10.5. The maximum atomic E-state index is 5.64. The molecular formula is C14H25NO. The highest BCUT2D eigenvalue weighted by Gasteiger charge is 2.40. The van der Waals surface area contributed by atoms with Crippen LogP contribution in [0.25, 0.3) is 0 Å². The molecule has 3 atom stereocenters. The van der Waals surface area contributed by atoms with Crippen LogP contribution in [0.3, 0.4) is 0 Å². The van der Waals surface area contributed by atoms with Crippen molar-refractivity contribution < 1.29 is 4.74 Å². The van der Waals surface area contributed by atoms with Crippen molar-refractivity contribution >= 4 is 0 Å². The van der Waals surface area contributed by atoms with Crippen molar-refractivity contribution in [3.8, 4) is 0 Å². The average Bonchev–Trinajstić information content (AvgIpc) is 2.83. The Bertz CT molecular complexity index is 244. The van der Waals surface area contributed by atoms with E-state index in [4.69, 9.17) is 4.74 Å². The van der Waals surface area contributed by atoms with E-state index in [9.17, 15) is 0 Å². The van der Waals surface area contributed by atoms with Crippen LogP contribution in [0.4, 0.5) is 0 Å². The molecule has 92 valence electrons. The Labute approximate surface area is 99.1 Å². The maximum Gasteiger partial charge on any atom is 0.0802 e. The first kappa shape index (κ1) is 11.0. The van der Waals surface area contributed by atoms with E-state index < -0.39 is 0 Å². The fourth-order valence-corrected chi connectivity index (χ4v) is 4.14. The number of rotatable bonds is 5. The molecule has 0 aliphatic heterocycles. The quantitative estimate of drug-likeness (QED) is 0.773. The lowest BCUT2D eigenvalue weighted by Crippen LogP contribution is -2.49. The lowest BCUT2D eigenvalue weighted by atomic mass is 9.79. The summed E-state index contributed by atoms with van der Waals surface area (Å²) in [7, 11) is 1.87. The summed E-state index contributed by atoms with van der Waals surface area (Å²) in [6.45, 7) is 2.32. The first-order valence-corrected chi connectivity index (χ1v) is 7.07. The van der Waals surface area contributed by atoms with E-state index in [-0.39, 0.29) is 5.60 Å². The Balaban J connectivity index is 1.40. The van der Waals surface area contributed by atoms with Gasteiger partial charge in [0.25, 0.3) is 0 Å². The maximum absolute atomic E-state index is 5.64. The Hall–Kier alpha value is -0.0800. The van der Waals surface area contributed by atoms with Crippen LogP contribution in [0, 0.1) is 17.8 Å². The molecule has 1 N–H and O–H groups in total. The molecule has 2 heteroatoms. The zero-order chi connectivity index (χ0) is 11.0. The second kappa shape index (κ2) is 4.30. The normalized spacial score (nSPS) is 39.9. The fraction of sp³-hybridized carbons (Fsp3) is 1.00. The third-order valence-electron chi connectivity index (χ3n) is 5.44. The van der Waals surface area contributed by atoms with Crippen LogP contribution in [0.5, 0.6) is 0 Å². The largest absolute Gasteiger partial charge is 0.377 e. The van der Waals surface area contributed by atoms with Crippen molar-refractivity contribution in [3.05, 3.63) is 0 Å². The summed E-state index contributed by atoms with van der Waals surface area (Å²) >= 11 is 0. The summed E-state index contributed by atoms with van der Waals surface area (Å²) in [5.74, 6) is 3.11. The minimum absolute atomic E-state index is 0.206. The average molecular weight is 223 g/mol. The van der Waals surface area contributed by atoms with E-state index in [0.29, 0.717) is 0 Å². The monoisotopic (exact) mass is 223 g/mol. The van der Waals surface area contributed by atoms with Gasteiger partial charge in [0.15, 0.2) is 0 Å². The minimum Gasteiger partial charge on any atom is -0.377 e. The van der Waals surface area contributed by atoms with Crippen LogP contribution in [0.1, 0.15) is 44.9 Å². The van der Waals surface area contributed by atoms with E-state index in [1.54, 1.807) is 0 Å². The van der Waals surface area contributed by atoms with Gasteiger partial charge in [-0.3, -0.25) is 0 Å².